The summed E-state index contributed by atoms with van der Waals surface area (Å²) in [6.07, 6.45) is 5.16. The summed E-state index contributed by atoms with van der Waals surface area (Å²) in [7, 11) is 0. The fourth-order valence-electron chi connectivity index (χ4n) is 8.15. The van der Waals surface area contributed by atoms with Gasteiger partial charge in [-0.1, -0.05) is 152 Å². The number of ketones is 1. The van der Waals surface area contributed by atoms with Crippen LogP contribution in [0.2, 0.25) is 0 Å². The van der Waals surface area contributed by atoms with E-state index in [2.05, 4.69) is 152 Å². The zero-order valence-corrected chi connectivity index (χ0v) is 40.9. The molecule has 1 aliphatic carbocycles. The lowest BCUT2D eigenvalue weighted by Gasteiger charge is -2.29. The van der Waals surface area contributed by atoms with Crippen molar-refractivity contribution < 1.29 is 23.7 Å². The molecule has 0 spiro atoms. The van der Waals surface area contributed by atoms with Crippen LogP contribution in [0, 0.1) is 0 Å². The third-order valence-electron chi connectivity index (χ3n) is 11.7. The van der Waals surface area contributed by atoms with E-state index in [1.54, 1.807) is 6.92 Å². The molecule has 332 valence electrons. The lowest BCUT2D eigenvalue weighted by molar-refractivity contribution is -0.118. The summed E-state index contributed by atoms with van der Waals surface area (Å²) in [4.78, 5) is 12.7. The van der Waals surface area contributed by atoms with E-state index in [1.165, 1.54) is 33.4 Å². The van der Waals surface area contributed by atoms with Gasteiger partial charge in [-0.05, 0) is 115 Å². The summed E-state index contributed by atoms with van der Waals surface area (Å²) in [5, 5.41) is 0. The molecule has 4 aromatic carbocycles. The third-order valence-corrected chi connectivity index (χ3v) is 11.7. The van der Waals surface area contributed by atoms with Crippen LogP contribution in [0.25, 0.3) is 0 Å². The fourth-order valence-corrected chi connectivity index (χ4v) is 8.15. The highest BCUT2D eigenvalue weighted by atomic mass is 16.5. The van der Waals surface area contributed by atoms with E-state index < -0.39 is 0 Å². The van der Waals surface area contributed by atoms with Crippen molar-refractivity contribution in [3.05, 3.63) is 115 Å². The molecular formula is C56H78O5. The molecule has 8 bridgehead atoms. The molecule has 61 heavy (non-hydrogen) atoms. The zero-order valence-electron chi connectivity index (χ0n) is 40.9. The van der Waals surface area contributed by atoms with Crippen molar-refractivity contribution in [1.29, 1.82) is 0 Å². The van der Waals surface area contributed by atoms with E-state index >= 15 is 0 Å². The minimum Gasteiger partial charge on any atom is -0.493 e. The fraction of sp³-hybridized carbons (Fsp3) is 0.554. The van der Waals surface area contributed by atoms with Crippen molar-refractivity contribution in [2.45, 2.75) is 177 Å². The standard InChI is InChI=1S/C56H78O5/c1-17-20-58-49-37-23-39-29-46(54(8,9)10)31-41(50(39)59-21-18-2)25-43-33-48(56(14,15)16)34-44(52(43)61-35-36(4)57)26-42-32-47(55(11,12)13)30-40(51(42)60-22-19-3)24-38(49)28-45(27-37)53(5,6)7/h27-34H,17-26,35H2,1-16H3. The van der Waals surface area contributed by atoms with Gasteiger partial charge < -0.3 is 18.9 Å². The molecule has 1 aliphatic rings. The normalized spacial score (nSPS) is 13.5. The number of benzene rings is 4. The van der Waals surface area contributed by atoms with Crippen LogP contribution < -0.4 is 18.9 Å². The number of carbonyl (C=O) groups excluding carboxylic acids is 1. The molecule has 5 rings (SSSR count). The van der Waals surface area contributed by atoms with E-state index in [0.29, 0.717) is 45.5 Å². The Bertz CT molecular complexity index is 2050. The lowest BCUT2D eigenvalue weighted by Crippen LogP contribution is -2.18. The highest BCUT2D eigenvalue weighted by Crippen LogP contribution is 2.44. The maximum absolute atomic E-state index is 12.7. The van der Waals surface area contributed by atoms with Crippen molar-refractivity contribution in [1.82, 2.24) is 0 Å². The Morgan fingerprint density at radius 1 is 0.393 bits per heavy atom. The summed E-state index contributed by atoms with van der Waals surface area (Å²) < 4.78 is 27.5. The molecule has 0 N–H and O–H groups in total. The summed E-state index contributed by atoms with van der Waals surface area (Å²) in [6.45, 7) is 37.5. The molecule has 0 fully saturated rings. The number of Topliss-reactive ketones (excluding diaryl/α,β-unsaturated/α-hetero) is 1. The molecule has 0 saturated carbocycles. The highest BCUT2D eigenvalue weighted by Gasteiger charge is 2.29. The molecule has 0 heterocycles. The van der Waals surface area contributed by atoms with Crippen LogP contribution in [0.4, 0.5) is 0 Å². The average molecular weight is 831 g/mol. The van der Waals surface area contributed by atoms with E-state index in [0.717, 1.165) is 75.6 Å². The minimum atomic E-state index is -0.147. The van der Waals surface area contributed by atoms with Gasteiger partial charge in [0.25, 0.3) is 0 Å². The molecule has 0 radical (unpaired) electrons. The number of rotatable bonds is 12. The van der Waals surface area contributed by atoms with Crippen LogP contribution in [0.3, 0.4) is 0 Å². The van der Waals surface area contributed by atoms with Gasteiger partial charge in [0.15, 0.2) is 5.78 Å². The molecule has 0 saturated heterocycles. The predicted octanol–water partition coefficient (Wildman–Crippen LogP) is 13.9. The Balaban J connectivity index is 2.03. The topological polar surface area (TPSA) is 54.0 Å². The summed E-state index contributed by atoms with van der Waals surface area (Å²) in [5.41, 5.74) is 13.5. The van der Waals surface area contributed by atoms with Crippen molar-refractivity contribution >= 4 is 5.78 Å². The first-order valence-electron chi connectivity index (χ1n) is 23.1. The van der Waals surface area contributed by atoms with E-state index in [1.807, 2.05) is 0 Å². The van der Waals surface area contributed by atoms with E-state index in [-0.39, 0.29) is 34.1 Å². The van der Waals surface area contributed by atoms with Crippen LogP contribution in [-0.4, -0.2) is 32.2 Å². The van der Waals surface area contributed by atoms with Crippen LogP contribution in [0.5, 0.6) is 23.0 Å². The molecule has 0 atom stereocenters. The molecule has 4 aromatic rings. The maximum Gasteiger partial charge on any atom is 0.167 e. The molecule has 0 aliphatic heterocycles. The van der Waals surface area contributed by atoms with Gasteiger partial charge in [0, 0.05) is 25.7 Å². The van der Waals surface area contributed by atoms with Gasteiger partial charge in [-0.3, -0.25) is 4.79 Å². The number of ether oxygens (including phenoxy) is 4. The second kappa shape index (κ2) is 19.0. The van der Waals surface area contributed by atoms with Crippen molar-refractivity contribution in [3.63, 3.8) is 0 Å². The number of hydrogen-bond donors (Lipinski definition) is 0. The molecule has 5 nitrogen and oxygen atoms in total. The van der Waals surface area contributed by atoms with Gasteiger partial charge in [0.2, 0.25) is 0 Å². The van der Waals surface area contributed by atoms with Crippen molar-refractivity contribution in [2.75, 3.05) is 26.4 Å². The second-order valence-corrected chi connectivity index (χ2v) is 21.7. The summed E-state index contributed by atoms with van der Waals surface area (Å²) in [5.74, 6) is 3.60. The van der Waals surface area contributed by atoms with E-state index in [4.69, 9.17) is 18.9 Å². The van der Waals surface area contributed by atoms with Gasteiger partial charge in [0.05, 0.1) is 19.8 Å². The molecule has 5 heteroatoms. The van der Waals surface area contributed by atoms with Crippen LogP contribution >= 0.6 is 0 Å². The van der Waals surface area contributed by atoms with Gasteiger partial charge in [-0.15, -0.1) is 0 Å². The Morgan fingerprint density at radius 2 is 0.590 bits per heavy atom. The smallest absolute Gasteiger partial charge is 0.167 e. The molecule has 0 unspecified atom stereocenters. The summed E-state index contributed by atoms with van der Waals surface area (Å²) >= 11 is 0. The maximum atomic E-state index is 12.7. The van der Waals surface area contributed by atoms with Crippen molar-refractivity contribution in [3.8, 4) is 23.0 Å². The number of fused-ring (bicyclic) bond motifs is 8. The Hall–Kier alpha value is -4.25. The molecule has 0 amide bonds. The third kappa shape index (κ3) is 11.8. The first kappa shape index (κ1) is 47.8. The molecule has 0 aromatic heterocycles. The average Bonchev–Trinajstić information content (AvgIpc) is 3.14. The largest absolute Gasteiger partial charge is 0.493 e. The van der Waals surface area contributed by atoms with Gasteiger partial charge >= 0.3 is 0 Å². The first-order chi connectivity index (χ1) is 28.4. The zero-order chi connectivity index (χ0) is 45.1. The first-order valence-corrected chi connectivity index (χ1v) is 23.1. The summed E-state index contributed by atoms with van der Waals surface area (Å²) in [6, 6.07) is 18.9. The Labute approximate surface area is 370 Å². The Kier molecular flexibility index (Phi) is 14.9. The monoisotopic (exact) mass is 831 g/mol. The minimum absolute atomic E-state index is 0.000892. The SMILES string of the molecule is CCCOc1c2cc(C(C)(C)C)cc1Cc1cc(C(C)(C)C)cc(c1OCCC)Cc1cc(C(C)(C)C)cc(c1OCC(C)=O)Cc1cc(C(C)(C)C)cc(c1OCCC)C2. The van der Waals surface area contributed by atoms with Gasteiger partial charge in [0.1, 0.15) is 29.6 Å². The van der Waals surface area contributed by atoms with Crippen LogP contribution in [-0.2, 0) is 52.1 Å². The van der Waals surface area contributed by atoms with Crippen molar-refractivity contribution in [2.24, 2.45) is 0 Å². The number of carbonyl (C=O) groups is 1. The van der Waals surface area contributed by atoms with E-state index in [9.17, 15) is 4.79 Å². The van der Waals surface area contributed by atoms with Crippen LogP contribution in [0.15, 0.2) is 48.5 Å². The quantitative estimate of drug-likeness (QED) is 0.125. The highest BCUT2D eigenvalue weighted by molar-refractivity contribution is 5.77. The second-order valence-electron chi connectivity index (χ2n) is 21.7. The molecular weight excluding hydrogens is 753 g/mol. The van der Waals surface area contributed by atoms with Crippen LogP contribution in [0.1, 0.15) is 197 Å². The number of hydrogen-bond acceptors (Lipinski definition) is 5. The van der Waals surface area contributed by atoms with Gasteiger partial charge in [-0.2, -0.15) is 0 Å². The lowest BCUT2D eigenvalue weighted by atomic mass is 9.79. The van der Waals surface area contributed by atoms with Gasteiger partial charge in [-0.25, -0.2) is 0 Å². The predicted molar refractivity (Wildman–Crippen MR) is 255 cm³/mol. The Morgan fingerprint density at radius 3 is 0.754 bits per heavy atom.